The van der Waals surface area contributed by atoms with Crippen molar-refractivity contribution < 1.29 is 8.78 Å². The van der Waals surface area contributed by atoms with Crippen LogP contribution in [0.25, 0.3) is 22.4 Å². The van der Waals surface area contributed by atoms with E-state index in [9.17, 15) is 8.78 Å². The molecule has 2 aromatic heterocycles. The van der Waals surface area contributed by atoms with Gasteiger partial charge in [0.05, 0.1) is 11.9 Å². The molecule has 0 fully saturated rings. The van der Waals surface area contributed by atoms with Gasteiger partial charge in [0.2, 0.25) is 0 Å². The van der Waals surface area contributed by atoms with Crippen molar-refractivity contribution in [2.75, 3.05) is 0 Å². The molecule has 0 radical (unpaired) electrons. The summed E-state index contributed by atoms with van der Waals surface area (Å²) in [6.45, 7) is 0. The average molecular weight is 361 g/mol. The zero-order chi connectivity index (χ0) is 18.6. The lowest BCUT2D eigenvalue weighted by Crippen LogP contribution is -1.95. The normalized spacial score (nSPS) is 10.9. The van der Waals surface area contributed by atoms with Crippen molar-refractivity contribution in [1.82, 2.24) is 15.2 Å². The number of hydrogen-bond acceptors (Lipinski definition) is 2. The first-order chi connectivity index (χ1) is 13.2. The summed E-state index contributed by atoms with van der Waals surface area (Å²) >= 11 is 0. The predicted molar refractivity (Wildman–Crippen MR) is 101 cm³/mol. The van der Waals surface area contributed by atoms with Gasteiger partial charge in [0.25, 0.3) is 0 Å². The second kappa shape index (κ2) is 7.50. The molecule has 0 saturated carbocycles. The average Bonchev–Trinajstić information content (AvgIpc) is 3.18. The number of benzene rings is 2. The van der Waals surface area contributed by atoms with E-state index in [-0.39, 0.29) is 11.6 Å². The quantitative estimate of drug-likeness (QED) is 0.531. The second-order valence-electron chi connectivity index (χ2n) is 6.33. The number of aromatic amines is 1. The topological polar surface area (TPSA) is 41.6 Å². The number of aromatic nitrogens is 3. The molecule has 0 spiro atoms. The monoisotopic (exact) mass is 361 g/mol. The Bertz CT molecular complexity index is 1040. The standard InChI is InChI=1S/C22H17F2N3/c23-18-6-1-15(2-7-18)3-10-20-13-17(11-12-25-20)21-14-26-27-22(21)16-4-8-19(24)9-5-16/h1-2,4-9,11-14H,3,10H2,(H,26,27). The zero-order valence-corrected chi connectivity index (χ0v) is 14.5. The lowest BCUT2D eigenvalue weighted by molar-refractivity contribution is 0.626. The maximum Gasteiger partial charge on any atom is 0.123 e. The first-order valence-corrected chi connectivity index (χ1v) is 8.68. The van der Waals surface area contributed by atoms with E-state index in [4.69, 9.17) is 0 Å². The Morgan fingerprint density at radius 3 is 2.22 bits per heavy atom. The summed E-state index contributed by atoms with van der Waals surface area (Å²) in [5, 5.41) is 7.15. The van der Waals surface area contributed by atoms with Crippen LogP contribution < -0.4 is 0 Å². The molecule has 134 valence electrons. The van der Waals surface area contributed by atoms with Gasteiger partial charge in [0.15, 0.2) is 0 Å². The van der Waals surface area contributed by atoms with Gasteiger partial charge in [-0.2, -0.15) is 5.10 Å². The van der Waals surface area contributed by atoms with Gasteiger partial charge in [-0.1, -0.05) is 12.1 Å². The molecule has 27 heavy (non-hydrogen) atoms. The molecule has 2 heterocycles. The minimum atomic E-state index is -0.271. The van der Waals surface area contributed by atoms with Crippen LogP contribution in [0, 0.1) is 11.6 Å². The summed E-state index contributed by atoms with van der Waals surface area (Å²) in [5.74, 6) is -0.501. The largest absolute Gasteiger partial charge is 0.277 e. The first kappa shape index (κ1) is 17.1. The van der Waals surface area contributed by atoms with Crippen LogP contribution in [0.2, 0.25) is 0 Å². The van der Waals surface area contributed by atoms with Crippen LogP contribution in [-0.4, -0.2) is 15.2 Å². The van der Waals surface area contributed by atoms with Gasteiger partial charge in [-0.25, -0.2) is 8.78 Å². The molecule has 4 rings (SSSR count). The Morgan fingerprint density at radius 1 is 0.778 bits per heavy atom. The number of rotatable bonds is 5. The number of pyridine rings is 1. The van der Waals surface area contributed by atoms with Gasteiger partial charge in [0.1, 0.15) is 11.6 Å². The molecule has 0 saturated heterocycles. The zero-order valence-electron chi connectivity index (χ0n) is 14.5. The van der Waals surface area contributed by atoms with Crippen LogP contribution in [0.3, 0.4) is 0 Å². The molecule has 0 aliphatic carbocycles. The fourth-order valence-corrected chi connectivity index (χ4v) is 3.05. The smallest absolute Gasteiger partial charge is 0.123 e. The van der Waals surface area contributed by atoms with Crippen molar-refractivity contribution in [1.29, 1.82) is 0 Å². The van der Waals surface area contributed by atoms with Gasteiger partial charge in [0, 0.05) is 23.0 Å². The van der Waals surface area contributed by atoms with E-state index in [1.807, 2.05) is 12.1 Å². The molecule has 1 N–H and O–H groups in total. The van der Waals surface area contributed by atoms with Gasteiger partial charge < -0.3 is 0 Å². The Kier molecular flexibility index (Phi) is 4.75. The molecule has 2 aromatic carbocycles. The number of halogens is 2. The van der Waals surface area contributed by atoms with Gasteiger partial charge in [-0.15, -0.1) is 0 Å². The number of nitrogens with one attached hydrogen (secondary N) is 1. The van der Waals surface area contributed by atoms with Crippen molar-refractivity contribution in [3.8, 4) is 22.4 Å². The molecule has 0 atom stereocenters. The minimum Gasteiger partial charge on any atom is -0.277 e. The summed E-state index contributed by atoms with van der Waals surface area (Å²) < 4.78 is 26.2. The molecule has 3 nitrogen and oxygen atoms in total. The number of hydrogen-bond donors (Lipinski definition) is 1. The summed E-state index contributed by atoms with van der Waals surface area (Å²) in [5.41, 5.74) is 5.65. The van der Waals surface area contributed by atoms with E-state index < -0.39 is 0 Å². The summed E-state index contributed by atoms with van der Waals surface area (Å²) in [6, 6.07) is 16.8. The summed E-state index contributed by atoms with van der Waals surface area (Å²) in [6.07, 6.45) is 5.07. The van der Waals surface area contributed by atoms with Crippen molar-refractivity contribution >= 4 is 0 Å². The SMILES string of the molecule is Fc1ccc(CCc2cc(-c3cn[nH]c3-c3ccc(F)cc3)ccn2)cc1. The highest BCUT2D eigenvalue weighted by Crippen LogP contribution is 2.30. The molecular formula is C22H17F2N3. The third kappa shape index (κ3) is 3.92. The fourth-order valence-electron chi connectivity index (χ4n) is 3.05. The first-order valence-electron chi connectivity index (χ1n) is 8.68. The molecular weight excluding hydrogens is 344 g/mol. The highest BCUT2D eigenvalue weighted by atomic mass is 19.1. The van der Waals surface area contributed by atoms with E-state index in [0.717, 1.165) is 46.5 Å². The van der Waals surface area contributed by atoms with Gasteiger partial charge in [-0.05, 0) is 72.5 Å². The third-order valence-electron chi connectivity index (χ3n) is 4.48. The fraction of sp³-hybridized carbons (Fsp3) is 0.0909. The van der Waals surface area contributed by atoms with Crippen LogP contribution >= 0.6 is 0 Å². The molecule has 4 aromatic rings. The molecule has 0 aliphatic heterocycles. The predicted octanol–water partition coefficient (Wildman–Crippen LogP) is 5.20. The Hall–Kier alpha value is -3.34. The Morgan fingerprint density at radius 2 is 1.48 bits per heavy atom. The van der Waals surface area contributed by atoms with Crippen LogP contribution in [0.15, 0.2) is 73.1 Å². The maximum absolute atomic E-state index is 13.2. The Labute approximate surface area is 155 Å². The van der Waals surface area contributed by atoms with Crippen molar-refractivity contribution in [2.24, 2.45) is 0 Å². The van der Waals surface area contributed by atoms with Gasteiger partial charge in [-0.3, -0.25) is 10.1 Å². The number of aryl methyl sites for hydroxylation is 2. The lowest BCUT2D eigenvalue weighted by atomic mass is 10.0. The van der Waals surface area contributed by atoms with E-state index in [1.165, 1.54) is 24.3 Å². The minimum absolute atomic E-state index is 0.229. The van der Waals surface area contributed by atoms with Crippen molar-refractivity contribution in [3.05, 3.63) is 95.9 Å². The number of nitrogens with zero attached hydrogens (tertiary/aromatic N) is 2. The summed E-state index contributed by atoms with van der Waals surface area (Å²) in [4.78, 5) is 4.44. The van der Waals surface area contributed by atoms with E-state index in [1.54, 1.807) is 36.7 Å². The molecule has 0 bridgehead atoms. The van der Waals surface area contributed by atoms with Crippen LogP contribution in [-0.2, 0) is 12.8 Å². The molecule has 0 amide bonds. The van der Waals surface area contributed by atoms with Crippen molar-refractivity contribution in [2.45, 2.75) is 12.8 Å². The lowest BCUT2D eigenvalue weighted by Gasteiger charge is -2.07. The highest BCUT2D eigenvalue weighted by Gasteiger charge is 2.11. The molecule has 0 unspecified atom stereocenters. The number of H-pyrrole nitrogens is 1. The van der Waals surface area contributed by atoms with Crippen LogP contribution in [0.4, 0.5) is 8.78 Å². The van der Waals surface area contributed by atoms with E-state index >= 15 is 0 Å². The molecule has 0 aliphatic rings. The summed E-state index contributed by atoms with van der Waals surface area (Å²) in [7, 11) is 0. The van der Waals surface area contributed by atoms with Crippen LogP contribution in [0.1, 0.15) is 11.3 Å². The van der Waals surface area contributed by atoms with Crippen molar-refractivity contribution in [3.63, 3.8) is 0 Å². The Balaban J connectivity index is 1.57. The molecule has 5 heteroatoms. The second-order valence-corrected chi connectivity index (χ2v) is 6.33. The van der Waals surface area contributed by atoms with Gasteiger partial charge >= 0.3 is 0 Å². The maximum atomic E-state index is 13.2. The van der Waals surface area contributed by atoms with E-state index in [0.29, 0.717) is 0 Å². The highest BCUT2D eigenvalue weighted by molar-refractivity contribution is 5.80. The third-order valence-corrected chi connectivity index (χ3v) is 4.48. The van der Waals surface area contributed by atoms with Crippen LogP contribution in [0.5, 0.6) is 0 Å². The van der Waals surface area contributed by atoms with E-state index in [2.05, 4.69) is 15.2 Å².